The molecule has 0 aliphatic rings. The molecule has 3 N–H and O–H groups in total. The van der Waals surface area contributed by atoms with E-state index in [1.54, 1.807) is 30.3 Å². The number of rotatable bonds is 4. The van der Waals surface area contributed by atoms with Crippen molar-refractivity contribution in [2.45, 2.75) is 6.92 Å². The van der Waals surface area contributed by atoms with Gasteiger partial charge in [0.05, 0.1) is 12.2 Å². The Labute approximate surface area is 127 Å². The Hall–Kier alpha value is -3.02. The van der Waals surface area contributed by atoms with Crippen molar-refractivity contribution in [3.05, 3.63) is 42.5 Å². The number of ether oxygens (including phenoxy) is 1. The van der Waals surface area contributed by atoms with Crippen LogP contribution in [-0.4, -0.2) is 32.0 Å². The van der Waals surface area contributed by atoms with Crippen molar-refractivity contribution >= 4 is 0 Å². The van der Waals surface area contributed by atoms with Crippen molar-refractivity contribution in [2.75, 3.05) is 6.61 Å². The first-order chi connectivity index (χ1) is 10.7. The lowest BCUT2D eigenvalue weighted by Crippen LogP contribution is -1.92. The zero-order chi connectivity index (χ0) is 15.5. The molecule has 0 atom stereocenters. The average molecular weight is 297 g/mol. The molecule has 0 saturated heterocycles. The van der Waals surface area contributed by atoms with E-state index in [0.717, 1.165) is 0 Å². The number of nitrogens with one attached hydrogen (secondary N) is 1. The second-order valence-electron chi connectivity index (χ2n) is 4.64. The minimum absolute atomic E-state index is 0.0714. The Morgan fingerprint density at radius 2 is 1.91 bits per heavy atom. The van der Waals surface area contributed by atoms with Gasteiger partial charge in [-0.15, -0.1) is 0 Å². The largest absolute Gasteiger partial charge is 0.507 e. The standard InChI is InChI=1S/C16H15N3O3/c1-2-22-14-9-10(7-8-13(14)21)15-17-16(19-18-15)11-5-3-4-6-12(11)20/h3-9,20-21H,2H2,1H3,(H,17,18,19). The summed E-state index contributed by atoms with van der Waals surface area (Å²) in [6, 6.07) is 11.8. The molecule has 0 unspecified atom stereocenters. The van der Waals surface area contributed by atoms with Crippen LogP contribution < -0.4 is 4.74 Å². The van der Waals surface area contributed by atoms with Crippen molar-refractivity contribution in [1.82, 2.24) is 15.2 Å². The predicted molar refractivity (Wildman–Crippen MR) is 81.8 cm³/mol. The third-order valence-electron chi connectivity index (χ3n) is 3.16. The molecule has 0 saturated carbocycles. The lowest BCUT2D eigenvalue weighted by Gasteiger charge is -2.06. The summed E-state index contributed by atoms with van der Waals surface area (Å²) in [5.74, 6) is 1.51. The molecule has 0 spiro atoms. The maximum absolute atomic E-state index is 9.85. The molecule has 0 amide bonds. The van der Waals surface area contributed by atoms with Gasteiger partial charge < -0.3 is 14.9 Å². The zero-order valence-electron chi connectivity index (χ0n) is 11.9. The van der Waals surface area contributed by atoms with E-state index in [4.69, 9.17) is 4.74 Å². The monoisotopic (exact) mass is 297 g/mol. The van der Waals surface area contributed by atoms with Gasteiger partial charge in [0, 0.05) is 5.56 Å². The molecule has 1 heterocycles. The molecule has 3 rings (SSSR count). The van der Waals surface area contributed by atoms with E-state index in [1.165, 1.54) is 6.07 Å². The number of aromatic nitrogens is 3. The van der Waals surface area contributed by atoms with Crippen LogP contribution in [0.1, 0.15) is 6.92 Å². The van der Waals surface area contributed by atoms with Crippen molar-refractivity contribution in [2.24, 2.45) is 0 Å². The van der Waals surface area contributed by atoms with E-state index in [-0.39, 0.29) is 11.5 Å². The number of aromatic amines is 1. The molecule has 0 aliphatic heterocycles. The first-order valence-electron chi connectivity index (χ1n) is 6.86. The Morgan fingerprint density at radius 3 is 2.68 bits per heavy atom. The van der Waals surface area contributed by atoms with Gasteiger partial charge >= 0.3 is 0 Å². The van der Waals surface area contributed by atoms with Crippen molar-refractivity contribution < 1.29 is 14.9 Å². The van der Waals surface area contributed by atoms with Gasteiger partial charge in [-0.25, -0.2) is 4.98 Å². The van der Waals surface area contributed by atoms with Gasteiger partial charge in [-0.2, -0.15) is 5.10 Å². The fourth-order valence-electron chi connectivity index (χ4n) is 2.11. The van der Waals surface area contributed by atoms with Crippen LogP contribution in [0.3, 0.4) is 0 Å². The molecule has 6 nitrogen and oxygen atoms in total. The SMILES string of the molecule is CCOc1cc(-c2n[nH]c(-c3ccccc3O)n2)ccc1O. The molecule has 1 aromatic heterocycles. The quantitative estimate of drug-likeness (QED) is 0.688. The summed E-state index contributed by atoms with van der Waals surface area (Å²) in [6.45, 7) is 2.29. The number of H-pyrrole nitrogens is 1. The van der Waals surface area contributed by atoms with E-state index in [1.807, 2.05) is 13.0 Å². The minimum Gasteiger partial charge on any atom is -0.507 e. The number of hydrogen-bond acceptors (Lipinski definition) is 5. The maximum Gasteiger partial charge on any atom is 0.181 e. The number of aromatic hydroxyl groups is 2. The highest BCUT2D eigenvalue weighted by atomic mass is 16.5. The van der Waals surface area contributed by atoms with Crippen molar-refractivity contribution in [3.8, 4) is 40.0 Å². The molecule has 0 fully saturated rings. The lowest BCUT2D eigenvalue weighted by molar-refractivity contribution is 0.318. The second-order valence-corrected chi connectivity index (χ2v) is 4.64. The molecular weight excluding hydrogens is 282 g/mol. The van der Waals surface area contributed by atoms with Gasteiger partial charge in [0.15, 0.2) is 23.1 Å². The lowest BCUT2D eigenvalue weighted by atomic mass is 10.2. The second kappa shape index (κ2) is 5.77. The number of nitrogens with zero attached hydrogens (tertiary/aromatic N) is 2. The van der Waals surface area contributed by atoms with Crippen LogP contribution in [-0.2, 0) is 0 Å². The number of para-hydroxylation sites is 1. The summed E-state index contributed by atoms with van der Waals surface area (Å²) in [6.07, 6.45) is 0. The first-order valence-corrected chi connectivity index (χ1v) is 6.86. The van der Waals surface area contributed by atoms with Crippen LogP contribution in [0.25, 0.3) is 22.8 Å². The highest BCUT2D eigenvalue weighted by Gasteiger charge is 2.12. The topological polar surface area (TPSA) is 91.3 Å². The predicted octanol–water partition coefficient (Wildman–Crippen LogP) is 2.95. The fraction of sp³-hybridized carbons (Fsp3) is 0.125. The Morgan fingerprint density at radius 1 is 1.09 bits per heavy atom. The number of hydrogen-bond donors (Lipinski definition) is 3. The summed E-state index contributed by atoms with van der Waals surface area (Å²) in [4.78, 5) is 4.38. The van der Waals surface area contributed by atoms with E-state index in [2.05, 4.69) is 15.2 Å². The summed E-state index contributed by atoms with van der Waals surface area (Å²) >= 11 is 0. The summed E-state index contributed by atoms with van der Waals surface area (Å²) < 4.78 is 5.35. The van der Waals surface area contributed by atoms with Crippen LogP contribution in [0, 0.1) is 0 Å². The van der Waals surface area contributed by atoms with Crippen molar-refractivity contribution in [3.63, 3.8) is 0 Å². The summed E-state index contributed by atoms with van der Waals surface area (Å²) in [5.41, 5.74) is 1.28. The molecule has 0 radical (unpaired) electrons. The van der Waals surface area contributed by atoms with Crippen molar-refractivity contribution in [1.29, 1.82) is 0 Å². The maximum atomic E-state index is 9.85. The van der Waals surface area contributed by atoms with Crippen LogP contribution in [0.15, 0.2) is 42.5 Å². The van der Waals surface area contributed by atoms with Crippen LogP contribution in [0.4, 0.5) is 0 Å². The van der Waals surface area contributed by atoms with E-state index in [9.17, 15) is 10.2 Å². The Kier molecular flexibility index (Phi) is 3.65. The molecule has 112 valence electrons. The van der Waals surface area contributed by atoms with Gasteiger partial charge in [0.2, 0.25) is 0 Å². The molecule has 22 heavy (non-hydrogen) atoms. The fourth-order valence-corrected chi connectivity index (χ4v) is 2.11. The average Bonchev–Trinajstić information content (AvgIpc) is 3.00. The Balaban J connectivity index is 1.97. The van der Waals surface area contributed by atoms with E-state index in [0.29, 0.717) is 35.1 Å². The van der Waals surface area contributed by atoms with Gasteiger partial charge in [0.25, 0.3) is 0 Å². The molecule has 0 aliphatic carbocycles. The first kappa shape index (κ1) is 13.9. The number of phenolic OH excluding ortho intramolecular Hbond substituents is 2. The molecule has 6 heteroatoms. The molecule has 2 aromatic carbocycles. The Bertz CT molecular complexity index is 799. The van der Waals surface area contributed by atoms with Gasteiger partial charge in [-0.3, -0.25) is 5.10 Å². The summed E-state index contributed by atoms with van der Waals surface area (Å²) in [7, 11) is 0. The van der Waals surface area contributed by atoms with Crippen LogP contribution >= 0.6 is 0 Å². The zero-order valence-corrected chi connectivity index (χ0v) is 11.9. The van der Waals surface area contributed by atoms with E-state index < -0.39 is 0 Å². The van der Waals surface area contributed by atoms with Crippen LogP contribution in [0.2, 0.25) is 0 Å². The highest BCUT2D eigenvalue weighted by molar-refractivity contribution is 5.67. The molecule has 3 aromatic rings. The van der Waals surface area contributed by atoms with E-state index >= 15 is 0 Å². The van der Waals surface area contributed by atoms with Gasteiger partial charge in [0.1, 0.15) is 5.75 Å². The minimum atomic E-state index is 0.0714. The number of phenols is 2. The third-order valence-corrected chi connectivity index (χ3v) is 3.16. The smallest absolute Gasteiger partial charge is 0.181 e. The molecule has 0 bridgehead atoms. The van der Waals surface area contributed by atoms with Gasteiger partial charge in [-0.05, 0) is 37.3 Å². The molecular formula is C16H15N3O3. The van der Waals surface area contributed by atoms with Gasteiger partial charge in [-0.1, -0.05) is 12.1 Å². The van der Waals surface area contributed by atoms with Crippen LogP contribution in [0.5, 0.6) is 17.2 Å². The third kappa shape index (κ3) is 2.58. The number of benzene rings is 2. The highest BCUT2D eigenvalue weighted by Crippen LogP contribution is 2.32. The normalized spacial score (nSPS) is 10.6. The summed E-state index contributed by atoms with van der Waals surface area (Å²) in [5, 5.41) is 26.5.